The van der Waals surface area contributed by atoms with Crippen molar-refractivity contribution in [2.75, 3.05) is 30.5 Å². The molecule has 4 nitrogen and oxygen atoms in total. The number of carbonyl (C=O) groups excluding carboxylic acids is 1. The zero-order valence-corrected chi connectivity index (χ0v) is 13.4. The molecule has 20 heavy (non-hydrogen) atoms. The van der Waals surface area contributed by atoms with Gasteiger partial charge in [-0.2, -0.15) is 11.8 Å². The van der Waals surface area contributed by atoms with Crippen LogP contribution in [0.2, 0.25) is 0 Å². The first-order valence-electron chi connectivity index (χ1n) is 6.44. The molecule has 1 aromatic rings. The molecule has 1 aromatic carbocycles. The van der Waals surface area contributed by atoms with E-state index in [0.717, 1.165) is 29.3 Å². The summed E-state index contributed by atoms with van der Waals surface area (Å²) in [6.07, 6.45) is 0.504. The Morgan fingerprint density at radius 1 is 1.55 bits per heavy atom. The molecule has 0 bridgehead atoms. The van der Waals surface area contributed by atoms with E-state index in [1.165, 1.54) is 0 Å². The molecule has 1 heterocycles. The molecular weight excluding hydrogens is 296 g/mol. The number of benzene rings is 1. The number of hydrogen-bond acceptors (Lipinski definition) is 4. The Balaban J connectivity index is 0.00000200. The molecule has 2 rings (SSSR count). The zero-order valence-electron chi connectivity index (χ0n) is 11.8. The van der Waals surface area contributed by atoms with Crippen molar-refractivity contribution < 1.29 is 9.53 Å². The third-order valence-corrected chi connectivity index (χ3v) is 4.19. The predicted molar refractivity (Wildman–Crippen MR) is 87.3 cm³/mol. The molecule has 0 aromatic heterocycles. The van der Waals surface area contributed by atoms with Crippen LogP contribution in [0.25, 0.3) is 0 Å². The van der Waals surface area contributed by atoms with Gasteiger partial charge < -0.3 is 15.4 Å². The van der Waals surface area contributed by atoms with E-state index >= 15 is 0 Å². The minimum absolute atomic E-state index is 0. The average molecular weight is 317 g/mol. The van der Waals surface area contributed by atoms with Crippen LogP contribution in [-0.2, 0) is 4.79 Å². The van der Waals surface area contributed by atoms with Gasteiger partial charge in [0, 0.05) is 30.5 Å². The van der Waals surface area contributed by atoms with Crippen LogP contribution in [0.3, 0.4) is 0 Å². The number of carbonyl (C=O) groups is 1. The molecule has 1 saturated heterocycles. The lowest BCUT2D eigenvalue weighted by Gasteiger charge is -2.22. The van der Waals surface area contributed by atoms with Gasteiger partial charge in [-0.25, -0.2) is 0 Å². The summed E-state index contributed by atoms with van der Waals surface area (Å²) < 4.78 is 5.26. The van der Waals surface area contributed by atoms with Gasteiger partial charge in [-0.3, -0.25) is 4.79 Å². The van der Waals surface area contributed by atoms with E-state index in [-0.39, 0.29) is 24.4 Å². The van der Waals surface area contributed by atoms with Crippen LogP contribution in [0.4, 0.5) is 5.69 Å². The van der Waals surface area contributed by atoms with Gasteiger partial charge in [0.2, 0.25) is 5.91 Å². The molecule has 1 aliphatic heterocycles. The normalized spacial score (nSPS) is 18.0. The SMILES string of the molecule is COc1ccc(C)cc1NC(=O)CC1CSCCN1.Cl. The number of anilines is 1. The number of thioether (sulfide) groups is 1. The molecule has 2 N–H and O–H groups in total. The van der Waals surface area contributed by atoms with Crippen molar-refractivity contribution in [1.29, 1.82) is 0 Å². The van der Waals surface area contributed by atoms with Crippen molar-refractivity contribution in [1.82, 2.24) is 5.32 Å². The van der Waals surface area contributed by atoms with Gasteiger partial charge in [-0.15, -0.1) is 12.4 Å². The summed E-state index contributed by atoms with van der Waals surface area (Å²) in [5.41, 5.74) is 1.85. The molecule has 112 valence electrons. The second-order valence-electron chi connectivity index (χ2n) is 4.68. The van der Waals surface area contributed by atoms with Gasteiger partial charge >= 0.3 is 0 Å². The summed E-state index contributed by atoms with van der Waals surface area (Å²) >= 11 is 1.89. The largest absolute Gasteiger partial charge is 0.495 e. The number of aryl methyl sites for hydroxylation is 1. The molecule has 1 amide bonds. The summed E-state index contributed by atoms with van der Waals surface area (Å²) in [6.45, 7) is 2.98. The number of amides is 1. The predicted octanol–water partition coefficient (Wildman–Crippen LogP) is 2.46. The number of methoxy groups -OCH3 is 1. The standard InChI is InChI=1S/C14H20N2O2S.ClH/c1-10-3-4-13(18-2)12(7-10)16-14(17)8-11-9-19-6-5-15-11;/h3-4,7,11,15H,5-6,8-9H2,1-2H3,(H,16,17);1H. The first-order valence-corrected chi connectivity index (χ1v) is 7.60. The molecule has 0 spiro atoms. The van der Waals surface area contributed by atoms with E-state index in [1.807, 2.05) is 36.9 Å². The highest BCUT2D eigenvalue weighted by Gasteiger charge is 2.17. The van der Waals surface area contributed by atoms with E-state index < -0.39 is 0 Å². The molecule has 0 radical (unpaired) electrons. The van der Waals surface area contributed by atoms with E-state index in [1.54, 1.807) is 7.11 Å². The molecule has 1 unspecified atom stereocenters. The maximum Gasteiger partial charge on any atom is 0.226 e. The Bertz CT molecular complexity index is 451. The highest BCUT2D eigenvalue weighted by atomic mass is 35.5. The van der Waals surface area contributed by atoms with Crippen molar-refractivity contribution in [3.63, 3.8) is 0 Å². The van der Waals surface area contributed by atoms with Crippen molar-refractivity contribution >= 4 is 35.8 Å². The third-order valence-electron chi connectivity index (χ3n) is 3.06. The molecule has 1 fully saturated rings. The smallest absolute Gasteiger partial charge is 0.226 e. The summed E-state index contributed by atoms with van der Waals surface area (Å²) in [4.78, 5) is 12.0. The van der Waals surface area contributed by atoms with Crippen LogP contribution in [0.5, 0.6) is 5.75 Å². The van der Waals surface area contributed by atoms with Crippen molar-refractivity contribution in [3.8, 4) is 5.75 Å². The zero-order chi connectivity index (χ0) is 13.7. The summed E-state index contributed by atoms with van der Waals surface area (Å²) in [5.74, 6) is 2.86. The average Bonchev–Trinajstić information content (AvgIpc) is 2.40. The van der Waals surface area contributed by atoms with Gasteiger partial charge in [0.05, 0.1) is 12.8 Å². The fourth-order valence-electron chi connectivity index (χ4n) is 2.10. The number of hydrogen-bond donors (Lipinski definition) is 2. The van der Waals surface area contributed by atoms with E-state index in [0.29, 0.717) is 12.2 Å². The molecule has 1 atom stereocenters. The second-order valence-corrected chi connectivity index (χ2v) is 5.83. The van der Waals surface area contributed by atoms with Crippen LogP contribution >= 0.6 is 24.2 Å². The van der Waals surface area contributed by atoms with Crippen molar-refractivity contribution in [2.24, 2.45) is 0 Å². The van der Waals surface area contributed by atoms with Crippen molar-refractivity contribution in [3.05, 3.63) is 23.8 Å². The summed E-state index contributed by atoms with van der Waals surface area (Å²) in [7, 11) is 1.61. The Labute approximate surface area is 130 Å². The van der Waals surface area contributed by atoms with E-state index in [2.05, 4.69) is 10.6 Å². The van der Waals surface area contributed by atoms with E-state index in [9.17, 15) is 4.79 Å². The van der Waals surface area contributed by atoms with Gasteiger partial charge in [0.1, 0.15) is 5.75 Å². The van der Waals surface area contributed by atoms with Crippen LogP contribution in [0, 0.1) is 6.92 Å². The maximum absolute atomic E-state index is 12.0. The fourth-order valence-corrected chi connectivity index (χ4v) is 3.04. The van der Waals surface area contributed by atoms with Crippen molar-refractivity contribution in [2.45, 2.75) is 19.4 Å². The minimum Gasteiger partial charge on any atom is -0.495 e. The Kier molecular flexibility index (Phi) is 7.19. The van der Waals surface area contributed by atoms with Crippen LogP contribution in [0.1, 0.15) is 12.0 Å². The number of halogens is 1. The summed E-state index contributed by atoms with van der Waals surface area (Å²) in [5, 5.41) is 6.30. The highest BCUT2D eigenvalue weighted by Crippen LogP contribution is 2.25. The number of nitrogens with one attached hydrogen (secondary N) is 2. The molecular formula is C14H21ClN2O2S. The third kappa shape index (κ3) is 4.89. The molecule has 6 heteroatoms. The topological polar surface area (TPSA) is 50.4 Å². The van der Waals surface area contributed by atoms with Crippen LogP contribution in [0.15, 0.2) is 18.2 Å². The Hall–Kier alpha value is -0.910. The quantitative estimate of drug-likeness (QED) is 0.896. The van der Waals surface area contributed by atoms with E-state index in [4.69, 9.17) is 4.74 Å². The fraction of sp³-hybridized carbons (Fsp3) is 0.500. The summed E-state index contributed by atoms with van der Waals surface area (Å²) in [6, 6.07) is 6.04. The lowest BCUT2D eigenvalue weighted by molar-refractivity contribution is -0.116. The van der Waals surface area contributed by atoms with Crippen LogP contribution < -0.4 is 15.4 Å². The first kappa shape index (κ1) is 17.1. The van der Waals surface area contributed by atoms with Gasteiger partial charge in [-0.05, 0) is 24.6 Å². The Morgan fingerprint density at radius 2 is 2.35 bits per heavy atom. The Morgan fingerprint density at radius 3 is 3.00 bits per heavy atom. The first-order chi connectivity index (χ1) is 9.19. The van der Waals surface area contributed by atoms with Gasteiger partial charge in [0.25, 0.3) is 0 Å². The number of rotatable bonds is 4. The lowest BCUT2D eigenvalue weighted by atomic mass is 10.2. The minimum atomic E-state index is 0. The van der Waals surface area contributed by atoms with Crippen LogP contribution in [-0.4, -0.2) is 37.1 Å². The van der Waals surface area contributed by atoms with Gasteiger partial charge in [-0.1, -0.05) is 6.07 Å². The lowest BCUT2D eigenvalue weighted by Crippen LogP contribution is -2.39. The maximum atomic E-state index is 12.0. The molecule has 0 aliphatic carbocycles. The molecule has 0 saturated carbocycles. The monoisotopic (exact) mass is 316 g/mol. The highest BCUT2D eigenvalue weighted by molar-refractivity contribution is 7.99. The molecule has 1 aliphatic rings. The second kappa shape index (κ2) is 8.39. The number of ether oxygens (including phenoxy) is 1. The van der Waals surface area contributed by atoms with Gasteiger partial charge in [0.15, 0.2) is 0 Å².